The number of rotatable bonds is 11. The maximum absolute atomic E-state index is 14.0. The van der Waals surface area contributed by atoms with Crippen molar-refractivity contribution in [3.8, 4) is 0 Å². The first-order valence-electron chi connectivity index (χ1n) is 14.2. The van der Waals surface area contributed by atoms with Gasteiger partial charge >= 0.3 is 6.03 Å². The fourth-order valence-electron chi connectivity index (χ4n) is 5.68. The number of likely N-dealkylation sites (tertiary alicyclic amines) is 1. The first-order valence-corrected chi connectivity index (χ1v) is 14.9. The topological polar surface area (TPSA) is 160 Å². The van der Waals surface area contributed by atoms with Crippen molar-refractivity contribution in [3.05, 3.63) is 0 Å². The molecule has 2 unspecified atom stereocenters. The Hall–Kier alpha value is -2.11. The standard InChI is InChI=1S/C28H45Cl2N5O6/c1-26(2,3)17(13-41-7)33-25(40)34-21(27(4,5)6)24(39)35-12-15-18(28(15,29)30)19(35)23(38)32-16(20(36)22(31)37)11-14-9-8-10-14/h14-19,21H,8-13H2,1-7H3,(H2,31,37)(H,32,38)(H2,33,34,40)/t15-,16?,17+,18?,19-,21+/m0/s1. The van der Waals surface area contributed by atoms with Gasteiger partial charge in [0.2, 0.25) is 17.6 Å². The number of hydrogen-bond acceptors (Lipinski definition) is 6. The number of ketones is 1. The molecule has 0 aromatic carbocycles. The van der Waals surface area contributed by atoms with E-state index in [-0.39, 0.29) is 42.9 Å². The number of methoxy groups -OCH3 is 1. The molecular weight excluding hydrogens is 573 g/mol. The highest BCUT2D eigenvalue weighted by molar-refractivity contribution is 6.51. The number of nitrogens with two attached hydrogens (primary N) is 1. The third-order valence-electron chi connectivity index (χ3n) is 8.63. The Balaban J connectivity index is 1.82. The van der Waals surface area contributed by atoms with Gasteiger partial charge < -0.3 is 31.3 Å². The van der Waals surface area contributed by atoms with E-state index in [4.69, 9.17) is 33.7 Å². The minimum Gasteiger partial charge on any atom is -0.383 e. The fraction of sp³-hybridized carbons (Fsp3) is 0.821. The molecule has 1 aliphatic heterocycles. The summed E-state index contributed by atoms with van der Waals surface area (Å²) in [5.41, 5.74) is 4.23. The van der Waals surface area contributed by atoms with E-state index in [1.54, 1.807) is 7.11 Å². The molecule has 2 aliphatic carbocycles. The minimum absolute atomic E-state index is 0.107. The summed E-state index contributed by atoms with van der Waals surface area (Å²) < 4.78 is 4.06. The predicted molar refractivity (Wildman–Crippen MR) is 155 cm³/mol. The van der Waals surface area contributed by atoms with Crippen LogP contribution < -0.4 is 21.7 Å². The summed E-state index contributed by atoms with van der Waals surface area (Å²) in [4.78, 5) is 66.5. The normalized spacial score (nSPS) is 25.7. The van der Waals surface area contributed by atoms with E-state index >= 15 is 0 Å². The van der Waals surface area contributed by atoms with Gasteiger partial charge in [-0.3, -0.25) is 19.2 Å². The highest BCUT2D eigenvalue weighted by Crippen LogP contribution is 2.65. The number of amides is 5. The molecule has 3 fully saturated rings. The second-order valence-electron chi connectivity index (χ2n) is 13.9. The van der Waals surface area contributed by atoms with E-state index in [0.29, 0.717) is 0 Å². The average Bonchev–Trinajstić information content (AvgIpc) is 3.14. The highest BCUT2D eigenvalue weighted by atomic mass is 35.5. The Kier molecular flexibility index (Phi) is 9.97. The molecule has 3 rings (SSSR count). The molecular formula is C28H45Cl2N5O6. The lowest BCUT2D eigenvalue weighted by Gasteiger charge is -2.38. The summed E-state index contributed by atoms with van der Waals surface area (Å²) in [6, 6.07) is -4.06. The Bertz CT molecular complexity index is 1050. The molecule has 0 aromatic heterocycles. The Morgan fingerprint density at radius 2 is 1.61 bits per heavy atom. The van der Waals surface area contributed by atoms with Gasteiger partial charge in [0.15, 0.2) is 0 Å². The SMILES string of the molecule is COC[C@@H](NC(=O)N[C@H](C(=O)N1C[C@H]2C([C@H]1C(=O)NC(CC1CCC1)C(=O)C(N)=O)C2(Cl)Cl)C(C)(C)C)C(C)(C)C. The molecule has 41 heavy (non-hydrogen) atoms. The number of ether oxygens (including phenoxy) is 1. The zero-order valence-corrected chi connectivity index (χ0v) is 26.5. The molecule has 6 atom stereocenters. The van der Waals surface area contributed by atoms with Gasteiger partial charge in [-0.25, -0.2) is 4.79 Å². The molecule has 11 nitrogen and oxygen atoms in total. The number of primary amides is 1. The molecule has 5 amide bonds. The van der Waals surface area contributed by atoms with Crippen molar-refractivity contribution in [2.75, 3.05) is 20.3 Å². The molecule has 0 radical (unpaired) electrons. The van der Waals surface area contributed by atoms with E-state index in [1.165, 1.54) is 4.90 Å². The van der Waals surface area contributed by atoms with Crippen LogP contribution in [-0.4, -0.2) is 83.2 Å². The summed E-state index contributed by atoms with van der Waals surface area (Å²) >= 11 is 13.0. The van der Waals surface area contributed by atoms with Crippen molar-refractivity contribution in [2.45, 2.75) is 95.7 Å². The number of carbonyl (C=O) groups is 5. The van der Waals surface area contributed by atoms with E-state index in [1.807, 2.05) is 41.5 Å². The van der Waals surface area contributed by atoms with Gasteiger partial charge in [-0.1, -0.05) is 60.8 Å². The van der Waals surface area contributed by atoms with E-state index < -0.39 is 63.3 Å². The second-order valence-corrected chi connectivity index (χ2v) is 15.3. The third-order valence-corrected chi connectivity index (χ3v) is 9.69. The monoisotopic (exact) mass is 617 g/mol. The Morgan fingerprint density at radius 1 is 1.00 bits per heavy atom. The van der Waals surface area contributed by atoms with Crippen molar-refractivity contribution in [1.82, 2.24) is 20.9 Å². The quantitative estimate of drug-likeness (QED) is 0.205. The summed E-state index contributed by atoms with van der Waals surface area (Å²) in [5.74, 6) is -3.84. The zero-order chi connectivity index (χ0) is 31.1. The fourth-order valence-corrected chi connectivity index (χ4v) is 6.50. The molecule has 232 valence electrons. The molecule has 13 heteroatoms. The number of nitrogens with zero attached hydrogens (tertiary/aromatic N) is 1. The number of fused-ring (bicyclic) bond motifs is 1. The number of hydrogen-bond donors (Lipinski definition) is 4. The van der Waals surface area contributed by atoms with Crippen molar-refractivity contribution in [1.29, 1.82) is 0 Å². The zero-order valence-electron chi connectivity index (χ0n) is 25.0. The van der Waals surface area contributed by atoms with E-state index in [2.05, 4.69) is 16.0 Å². The Labute approximate surface area is 252 Å². The number of alkyl halides is 2. The third kappa shape index (κ3) is 7.46. The average molecular weight is 619 g/mol. The molecule has 2 saturated carbocycles. The van der Waals surface area contributed by atoms with Crippen LogP contribution in [0.1, 0.15) is 67.2 Å². The van der Waals surface area contributed by atoms with Crippen LogP contribution in [0, 0.1) is 28.6 Å². The Morgan fingerprint density at radius 3 is 2.07 bits per heavy atom. The molecule has 0 aromatic rings. The lowest BCUT2D eigenvalue weighted by Crippen LogP contribution is -2.62. The number of carbonyl (C=O) groups excluding carboxylic acids is 5. The molecule has 0 bridgehead atoms. The number of urea groups is 1. The number of Topliss-reactive ketones (excluding diaryl/α,β-unsaturated/α-hetero) is 1. The van der Waals surface area contributed by atoms with Gasteiger partial charge in [0.25, 0.3) is 5.91 Å². The van der Waals surface area contributed by atoms with Gasteiger partial charge in [0.1, 0.15) is 16.4 Å². The largest absolute Gasteiger partial charge is 0.383 e. The van der Waals surface area contributed by atoms with Gasteiger partial charge in [0, 0.05) is 25.5 Å². The van der Waals surface area contributed by atoms with E-state index in [0.717, 1.165) is 19.3 Å². The van der Waals surface area contributed by atoms with Crippen LogP contribution in [-0.2, 0) is 23.9 Å². The van der Waals surface area contributed by atoms with Crippen molar-refractivity contribution in [3.63, 3.8) is 0 Å². The maximum atomic E-state index is 14.0. The molecule has 0 spiro atoms. The van der Waals surface area contributed by atoms with E-state index in [9.17, 15) is 24.0 Å². The lowest BCUT2D eigenvalue weighted by molar-refractivity contribution is -0.144. The number of nitrogens with one attached hydrogen (secondary N) is 3. The van der Waals surface area contributed by atoms with Crippen LogP contribution in [0.4, 0.5) is 4.79 Å². The van der Waals surface area contributed by atoms with Crippen molar-refractivity contribution >= 4 is 52.7 Å². The van der Waals surface area contributed by atoms with Crippen LogP contribution >= 0.6 is 23.2 Å². The number of piperidine rings is 1. The van der Waals surface area contributed by atoms with Crippen LogP contribution in [0.25, 0.3) is 0 Å². The summed E-state index contributed by atoms with van der Waals surface area (Å²) in [6.07, 6.45) is 3.09. The van der Waals surface area contributed by atoms with Gasteiger partial charge in [-0.15, -0.1) is 23.2 Å². The lowest BCUT2D eigenvalue weighted by atomic mass is 9.80. The molecule has 1 saturated heterocycles. The maximum Gasteiger partial charge on any atom is 0.315 e. The predicted octanol–water partition coefficient (Wildman–Crippen LogP) is 2.12. The first-order chi connectivity index (χ1) is 18.8. The summed E-state index contributed by atoms with van der Waals surface area (Å²) in [6.45, 7) is 11.7. The molecule has 1 heterocycles. The second kappa shape index (κ2) is 12.2. The van der Waals surface area contributed by atoms with Crippen molar-refractivity contribution < 1.29 is 28.7 Å². The van der Waals surface area contributed by atoms with Crippen LogP contribution in [0.2, 0.25) is 0 Å². The summed E-state index contributed by atoms with van der Waals surface area (Å²) in [5, 5.41) is 8.39. The minimum atomic E-state index is -1.21. The first kappa shape index (κ1) is 33.4. The molecule has 3 aliphatic rings. The highest BCUT2D eigenvalue weighted by Gasteiger charge is 2.74. The number of halogens is 2. The van der Waals surface area contributed by atoms with Crippen molar-refractivity contribution in [2.24, 2.45) is 34.3 Å². The van der Waals surface area contributed by atoms with Gasteiger partial charge in [-0.05, 0) is 23.2 Å². The summed E-state index contributed by atoms with van der Waals surface area (Å²) in [7, 11) is 1.55. The smallest absolute Gasteiger partial charge is 0.315 e. The molecule has 5 N–H and O–H groups in total. The van der Waals surface area contributed by atoms with Crippen LogP contribution in [0.5, 0.6) is 0 Å². The van der Waals surface area contributed by atoms with Gasteiger partial charge in [-0.2, -0.15) is 0 Å². The van der Waals surface area contributed by atoms with Gasteiger partial charge in [0.05, 0.1) is 18.7 Å². The van der Waals surface area contributed by atoms with Crippen LogP contribution in [0.15, 0.2) is 0 Å². The van der Waals surface area contributed by atoms with Crippen LogP contribution in [0.3, 0.4) is 0 Å².